The van der Waals surface area contributed by atoms with Crippen molar-refractivity contribution in [3.05, 3.63) is 62.8 Å². The predicted molar refractivity (Wildman–Crippen MR) is 89.0 cm³/mol. The number of nitrogens with zero attached hydrogens (tertiary/aromatic N) is 1. The molecular weight excluding hydrogens is 357 g/mol. The molecule has 0 aliphatic rings. The van der Waals surface area contributed by atoms with Gasteiger partial charge in [0, 0.05) is 29.8 Å². The van der Waals surface area contributed by atoms with E-state index in [-0.39, 0.29) is 5.02 Å². The molecule has 0 aromatic heterocycles. The largest absolute Gasteiger partial charge is 0.378 e. The van der Waals surface area contributed by atoms with Crippen LogP contribution < -0.4 is 16.2 Å². The molecule has 2 rings (SSSR count). The number of rotatable bonds is 4. The van der Waals surface area contributed by atoms with Crippen LogP contribution in [0.2, 0.25) is 5.02 Å². The zero-order valence-electron chi connectivity index (χ0n) is 11.7. The summed E-state index contributed by atoms with van der Waals surface area (Å²) < 4.78 is 14.9. The molecule has 2 aromatic rings. The van der Waals surface area contributed by atoms with Gasteiger partial charge in [0.05, 0.1) is 11.1 Å². The Kier molecular flexibility index (Phi) is 5.22. The topological polar surface area (TPSA) is 41.3 Å². The third-order valence-corrected chi connectivity index (χ3v) is 4.52. The Labute approximate surface area is 137 Å². The van der Waals surface area contributed by atoms with Gasteiger partial charge < -0.3 is 4.90 Å². The molecule has 0 amide bonds. The second kappa shape index (κ2) is 6.75. The number of hydrogen-bond acceptors (Lipinski definition) is 3. The fourth-order valence-electron chi connectivity index (χ4n) is 2.11. The Hall–Kier alpha value is -1.14. The smallest absolute Gasteiger partial charge is 0.148 e. The molecule has 0 heterocycles. The number of hydrazine groups is 1. The van der Waals surface area contributed by atoms with E-state index in [4.69, 9.17) is 17.4 Å². The van der Waals surface area contributed by atoms with Crippen molar-refractivity contribution in [1.29, 1.82) is 0 Å². The van der Waals surface area contributed by atoms with Crippen molar-refractivity contribution < 1.29 is 4.39 Å². The summed E-state index contributed by atoms with van der Waals surface area (Å²) >= 11 is 9.16. The maximum atomic E-state index is 14.4. The van der Waals surface area contributed by atoms with Crippen LogP contribution in [0.15, 0.2) is 40.9 Å². The minimum absolute atomic E-state index is 0.0523. The number of nitrogens with one attached hydrogen (secondary N) is 1. The van der Waals surface area contributed by atoms with E-state index in [9.17, 15) is 4.39 Å². The Morgan fingerprint density at radius 3 is 2.62 bits per heavy atom. The van der Waals surface area contributed by atoms with Crippen molar-refractivity contribution in [2.24, 2.45) is 5.84 Å². The zero-order chi connectivity index (χ0) is 15.6. The fourth-order valence-corrected chi connectivity index (χ4v) is 2.59. The van der Waals surface area contributed by atoms with E-state index >= 15 is 0 Å². The molecule has 0 aliphatic heterocycles. The lowest BCUT2D eigenvalue weighted by Gasteiger charge is -2.21. The molecule has 0 bridgehead atoms. The Balaban J connectivity index is 2.50. The number of nitrogens with two attached hydrogens (primary N) is 1. The first-order chi connectivity index (χ1) is 9.95. The molecule has 21 heavy (non-hydrogen) atoms. The van der Waals surface area contributed by atoms with E-state index in [1.54, 1.807) is 12.1 Å². The van der Waals surface area contributed by atoms with Gasteiger partial charge in [-0.05, 0) is 39.7 Å². The van der Waals surface area contributed by atoms with Crippen LogP contribution in [0.5, 0.6) is 0 Å². The maximum absolute atomic E-state index is 14.4. The molecule has 1 atom stereocenters. The van der Waals surface area contributed by atoms with Gasteiger partial charge in [0.25, 0.3) is 0 Å². The summed E-state index contributed by atoms with van der Waals surface area (Å²) in [5.41, 5.74) is 4.93. The normalized spacial score (nSPS) is 12.3. The molecule has 0 aliphatic carbocycles. The highest BCUT2D eigenvalue weighted by Gasteiger charge is 2.20. The first kappa shape index (κ1) is 16.2. The average Bonchev–Trinajstić information content (AvgIpc) is 2.48. The van der Waals surface area contributed by atoms with E-state index < -0.39 is 11.9 Å². The van der Waals surface area contributed by atoms with Gasteiger partial charge in [-0.1, -0.05) is 29.8 Å². The predicted octanol–water partition coefficient (Wildman–Crippen LogP) is 3.86. The number of halogens is 3. The minimum atomic E-state index is -0.482. The SMILES string of the molecule is CN(C)c1cccc(C(NN)c2ccc(Br)c(Cl)c2F)c1. The summed E-state index contributed by atoms with van der Waals surface area (Å²) in [7, 11) is 3.89. The van der Waals surface area contributed by atoms with Gasteiger partial charge in [0.15, 0.2) is 0 Å². The maximum Gasteiger partial charge on any atom is 0.148 e. The summed E-state index contributed by atoms with van der Waals surface area (Å²) in [6.07, 6.45) is 0. The molecule has 0 saturated heterocycles. The van der Waals surface area contributed by atoms with Gasteiger partial charge in [-0.25, -0.2) is 9.82 Å². The molecule has 6 heteroatoms. The third-order valence-electron chi connectivity index (χ3n) is 3.26. The highest BCUT2D eigenvalue weighted by molar-refractivity contribution is 9.10. The van der Waals surface area contributed by atoms with Gasteiger partial charge in [0.2, 0.25) is 0 Å². The highest BCUT2D eigenvalue weighted by atomic mass is 79.9. The average molecular weight is 373 g/mol. The van der Waals surface area contributed by atoms with Crippen molar-refractivity contribution in [2.75, 3.05) is 19.0 Å². The van der Waals surface area contributed by atoms with E-state index in [1.807, 2.05) is 43.3 Å². The monoisotopic (exact) mass is 371 g/mol. The van der Waals surface area contributed by atoms with Gasteiger partial charge in [0.1, 0.15) is 5.82 Å². The second-order valence-electron chi connectivity index (χ2n) is 4.85. The minimum Gasteiger partial charge on any atom is -0.378 e. The van der Waals surface area contributed by atoms with Crippen molar-refractivity contribution in [3.63, 3.8) is 0 Å². The molecule has 3 nitrogen and oxygen atoms in total. The summed E-state index contributed by atoms with van der Waals surface area (Å²) in [5, 5.41) is 0.0523. The van der Waals surface area contributed by atoms with Crippen LogP contribution in [0.25, 0.3) is 0 Å². The summed E-state index contributed by atoms with van der Waals surface area (Å²) in [6.45, 7) is 0. The van der Waals surface area contributed by atoms with Crippen LogP contribution in [-0.2, 0) is 0 Å². The Morgan fingerprint density at radius 2 is 2.00 bits per heavy atom. The van der Waals surface area contributed by atoms with Crippen molar-refractivity contribution in [2.45, 2.75) is 6.04 Å². The van der Waals surface area contributed by atoms with Gasteiger partial charge in [-0.2, -0.15) is 0 Å². The molecule has 0 saturated carbocycles. The third kappa shape index (κ3) is 3.37. The van der Waals surface area contributed by atoms with Crippen LogP contribution in [0.3, 0.4) is 0 Å². The van der Waals surface area contributed by atoms with E-state index in [2.05, 4.69) is 21.4 Å². The fraction of sp³-hybridized carbons (Fsp3) is 0.200. The summed E-state index contributed by atoms with van der Waals surface area (Å²) in [4.78, 5) is 1.97. The molecule has 3 N–H and O–H groups in total. The van der Waals surface area contributed by atoms with E-state index in [1.165, 1.54) is 0 Å². The summed E-state index contributed by atoms with van der Waals surface area (Å²) in [6, 6.07) is 10.6. The van der Waals surface area contributed by atoms with Crippen LogP contribution in [0.1, 0.15) is 17.2 Å². The lowest BCUT2D eigenvalue weighted by molar-refractivity contribution is 0.560. The van der Waals surface area contributed by atoms with Crippen LogP contribution in [0.4, 0.5) is 10.1 Å². The van der Waals surface area contributed by atoms with Crippen molar-refractivity contribution >= 4 is 33.2 Å². The molecule has 0 spiro atoms. The molecule has 0 fully saturated rings. The summed E-state index contributed by atoms with van der Waals surface area (Å²) in [5.74, 6) is 5.15. The van der Waals surface area contributed by atoms with Gasteiger partial charge >= 0.3 is 0 Å². The first-order valence-electron chi connectivity index (χ1n) is 6.32. The molecule has 112 valence electrons. The quantitative estimate of drug-likeness (QED) is 0.486. The van der Waals surface area contributed by atoms with Crippen molar-refractivity contribution in [3.8, 4) is 0 Å². The van der Waals surface area contributed by atoms with Crippen LogP contribution in [-0.4, -0.2) is 14.1 Å². The zero-order valence-corrected chi connectivity index (χ0v) is 14.0. The molecule has 0 radical (unpaired) electrons. The molecular formula is C15H16BrClFN3. The number of anilines is 1. The van der Waals surface area contributed by atoms with E-state index in [0.29, 0.717) is 10.0 Å². The molecule has 1 unspecified atom stereocenters. The first-order valence-corrected chi connectivity index (χ1v) is 7.49. The highest BCUT2D eigenvalue weighted by Crippen LogP contribution is 2.33. The van der Waals surface area contributed by atoms with Gasteiger partial charge in [-0.3, -0.25) is 5.84 Å². The molecule has 2 aromatic carbocycles. The van der Waals surface area contributed by atoms with E-state index in [0.717, 1.165) is 11.3 Å². The van der Waals surface area contributed by atoms with Crippen molar-refractivity contribution in [1.82, 2.24) is 5.43 Å². The number of benzene rings is 2. The standard InChI is InChI=1S/C15H16BrClFN3/c1-21(2)10-5-3-4-9(8-10)15(20-19)11-6-7-12(16)13(17)14(11)18/h3-8,15,20H,19H2,1-2H3. The van der Waals surface area contributed by atoms with Gasteiger partial charge in [-0.15, -0.1) is 0 Å². The Bertz CT molecular complexity index is 649. The Morgan fingerprint density at radius 1 is 1.29 bits per heavy atom. The lowest BCUT2D eigenvalue weighted by atomic mass is 9.98. The van der Waals surface area contributed by atoms with Crippen LogP contribution >= 0.6 is 27.5 Å². The lowest BCUT2D eigenvalue weighted by Crippen LogP contribution is -2.29. The van der Waals surface area contributed by atoms with Crippen LogP contribution in [0, 0.1) is 5.82 Å². The second-order valence-corrected chi connectivity index (χ2v) is 6.09. The number of hydrogen-bond donors (Lipinski definition) is 2.